The third-order valence-corrected chi connectivity index (χ3v) is 5.40. The Balaban J connectivity index is 1.71. The Morgan fingerprint density at radius 2 is 1.64 bits per heavy atom. The van der Waals surface area contributed by atoms with Crippen LogP contribution in [0.25, 0.3) is 33.4 Å². The van der Waals surface area contributed by atoms with E-state index in [0.29, 0.717) is 27.8 Å². The molecular formula is C25H19NO7. The molecule has 2 aromatic heterocycles. The number of rotatable bonds is 3. The predicted molar refractivity (Wildman–Crippen MR) is 121 cm³/mol. The summed E-state index contributed by atoms with van der Waals surface area (Å²) in [6, 6.07) is 15.4. The first kappa shape index (κ1) is 20.6. The number of esters is 1. The van der Waals surface area contributed by atoms with Crippen molar-refractivity contribution in [1.82, 2.24) is 0 Å². The third-order valence-electron chi connectivity index (χ3n) is 5.40. The van der Waals surface area contributed by atoms with Crippen molar-refractivity contribution < 1.29 is 23.1 Å². The van der Waals surface area contributed by atoms with Gasteiger partial charge in [-0.25, -0.2) is 9.59 Å². The summed E-state index contributed by atoms with van der Waals surface area (Å²) in [6.45, 7) is 1.25. The number of hydrogen-bond donors (Lipinski definition) is 0. The molecule has 0 aliphatic carbocycles. The topological polar surface area (TPSA) is 99.2 Å². The van der Waals surface area contributed by atoms with Crippen LogP contribution in [0.3, 0.4) is 0 Å². The summed E-state index contributed by atoms with van der Waals surface area (Å²) < 4.78 is 22.3. The normalized spacial score (nSPS) is 14.2. The van der Waals surface area contributed by atoms with Gasteiger partial charge in [0, 0.05) is 38.2 Å². The molecule has 0 saturated heterocycles. The molecule has 0 spiro atoms. The summed E-state index contributed by atoms with van der Waals surface area (Å²) in [5.74, 6) is 0.0618. The lowest BCUT2D eigenvalue weighted by Gasteiger charge is -2.26. The van der Waals surface area contributed by atoms with Crippen LogP contribution >= 0.6 is 0 Å². The fourth-order valence-corrected chi connectivity index (χ4v) is 3.80. The van der Waals surface area contributed by atoms with Crippen molar-refractivity contribution in [2.75, 3.05) is 19.0 Å². The van der Waals surface area contributed by atoms with Crippen LogP contribution < -0.4 is 20.9 Å². The zero-order valence-corrected chi connectivity index (χ0v) is 18.1. The lowest BCUT2D eigenvalue weighted by Crippen LogP contribution is -2.22. The molecule has 8 heteroatoms. The van der Waals surface area contributed by atoms with Crippen molar-refractivity contribution in [2.45, 2.75) is 13.2 Å². The maximum atomic E-state index is 13.0. The van der Waals surface area contributed by atoms with Gasteiger partial charge in [0.1, 0.15) is 11.3 Å². The third kappa shape index (κ3) is 3.55. The molecule has 5 rings (SSSR count). The van der Waals surface area contributed by atoms with Gasteiger partial charge in [-0.2, -0.15) is 0 Å². The van der Waals surface area contributed by atoms with Gasteiger partial charge in [0.2, 0.25) is 0 Å². The van der Waals surface area contributed by atoms with Crippen LogP contribution in [-0.2, 0) is 9.53 Å². The van der Waals surface area contributed by atoms with Crippen LogP contribution in [-0.4, -0.2) is 20.1 Å². The Kier molecular flexibility index (Phi) is 4.78. The molecule has 1 aliphatic rings. The first-order chi connectivity index (χ1) is 15.8. The monoisotopic (exact) mass is 445 g/mol. The zero-order valence-electron chi connectivity index (χ0n) is 18.1. The van der Waals surface area contributed by atoms with Gasteiger partial charge in [0.15, 0.2) is 5.76 Å². The van der Waals surface area contributed by atoms with E-state index >= 15 is 0 Å². The highest BCUT2D eigenvalue weighted by Crippen LogP contribution is 2.43. The molecule has 1 aliphatic heterocycles. The van der Waals surface area contributed by atoms with Gasteiger partial charge in [-0.15, -0.1) is 0 Å². The number of benzene rings is 2. The molecule has 0 N–H and O–H groups in total. The average molecular weight is 445 g/mol. The Morgan fingerprint density at radius 3 is 2.39 bits per heavy atom. The van der Waals surface area contributed by atoms with Crippen LogP contribution in [0.5, 0.6) is 5.75 Å². The summed E-state index contributed by atoms with van der Waals surface area (Å²) in [4.78, 5) is 39.3. The van der Waals surface area contributed by atoms with Crippen LogP contribution in [0.15, 0.2) is 73.0 Å². The second-order valence-electron chi connectivity index (χ2n) is 7.85. The highest BCUT2D eigenvalue weighted by atomic mass is 16.7. The van der Waals surface area contributed by atoms with Crippen LogP contribution in [0.1, 0.15) is 18.8 Å². The Morgan fingerprint density at radius 1 is 0.909 bits per heavy atom. The van der Waals surface area contributed by atoms with E-state index in [4.69, 9.17) is 18.3 Å². The van der Waals surface area contributed by atoms with Gasteiger partial charge in [-0.05, 0) is 36.4 Å². The molecule has 1 unspecified atom stereocenters. The summed E-state index contributed by atoms with van der Waals surface area (Å²) in [6.07, 6.45) is -1.13. The fraction of sp³-hybridized carbons (Fsp3) is 0.160. The first-order valence-electron chi connectivity index (χ1n) is 10.2. The number of carbonyl (C=O) groups is 1. The number of para-hydroxylation sites is 1. The largest absolute Gasteiger partial charge is 0.450 e. The quantitative estimate of drug-likeness (QED) is 0.343. The number of fused-ring (bicyclic) bond motifs is 4. The van der Waals surface area contributed by atoms with Gasteiger partial charge in [0.05, 0.1) is 22.3 Å². The van der Waals surface area contributed by atoms with E-state index in [1.165, 1.54) is 13.0 Å². The molecule has 8 nitrogen and oxygen atoms in total. The van der Waals surface area contributed by atoms with Crippen molar-refractivity contribution in [3.05, 3.63) is 81.0 Å². The molecule has 0 saturated carbocycles. The fourth-order valence-electron chi connectivity index (χ4n) is 3.80. The van der Waals surface area contributed by atoms with Gasteiger partial charge < -0.3 is 23.2 Å². The molecule has 166 valence electrons. The molecule has 3 heterocycles. The minimum Gasteiger partial charge on any atom is -0.450 e. The Labute approximate surface area is 187 Å². The van der Waals surface area contributed by atoms with Crippen molar-refractivity contribution in [3.63, 3.8) is 0 Å². The first-order valence-corrected chi connectivity index (χ1v) is 10.2. The van der Waals surface area contributed by atoms with Gasteiger partial charge in [-0.3, -0.25) is 4.79 Å². The van der Waals surface area contributed by atoms with Crippen LogP contribution in [0, 0.1) is 0 Å². The second-order valence-corrected chi connectivity index (χ2v) is 7.85. The Bertz CT molecular complexity index is 1530. The Hall–Kier alpha value is -4.33. The van der Waals surface area contributed by atoms with E-state index in [1.54, 1.807) is 42.5 Å². The van der Waals surface area contributed by atoms with Gasteiger partial charge >= 0.3 is 17.2 Å². The number of hydrogen-bond acceptors (Lipinski definition) is 8. The van der Waals surface area contributed by atoms with E-state index in [1.807, 2.05) is 25.1 Å². The molecule has 33 heavy (non-hydrogen) atoms. The molecule has 1 atom stereocenters. The average Bonchev–Trinajstić information content (AvgIpc) is 2.77. The second kappa shape index (κ2) is 7.67. The predicted octanol–water partition coefficient (Wildman–Crippen LogP) is 4.10. The summed E-state index contributed by atoms with van der Waals surface area (Å²) >= 11 is 0. The van der Waals surface area contributed by atoms with Gasteiger partial charge in [0.25, 0.3) is 6.29 Å². The SMILES string of the molecule is CC(=O)OC1Oc2ccccc2-c2oc(=O)c(-c3cc4ccc(N(C)C)cc4oc3=O)cc21. The zero-order chi connectivity index (χ0) is 23.3. The molecule has 0 amide bonds. The van der Waals surface area contributed by atoms with E-state index in [0.717, 1.165) is 5.69 Å². The van der Waals surface area contributed by atoms with Crippen molar-refractivity contribution >= 4 is 22.6 Å². The van der Waals surface area contributed by atoms with Crippen molar-refractivity contribution in [3.8, 4) is 28.2 Å². The molecule has 0 radical (unpaired) electrons. The minimum absolute atomic E-state index is 0.0128. The van der Waals surface area contributed by atoms with Crippen LogP contribution in [0.4, 0.5) is 5.69 Å². The summed E-state index contributed by atoms with van der Waals surface area (Å²) in [7, 11) is 3.76. The highest BCUT2D eigenvalue weighted by molar-refractivity contribution is 5.85. The maximum Gasteiger partial charge on any atom is 0.344 e. The summed E-state index contributed by atoms with van der Waals surface area (Å²) in [5.41, 5.74) is 0.745. The van der Waals surface area contributed by atoms with E-state index < -0.39 is 23.5 Å². The van der Waals surface area contributed by atoms with E-state index in [2.05, 4.69) is 0 Å². The van der Waals surface area contributed by atoms with E-state index in [-0.39, 0.29) is 16.9 Å². The molecule has 0 bridgehead atoms. The number of anilines is 1. The maximum absolute atomic E-state index is 13.0. The minimum atomic E-state index is -1.13. The molecular weight excluding hydrogens is 426 g/mol. The number of carbonyl (C=O) groups excluding carboxylic acids is 1. The molecule has 2 aromatic carbocycles. The number of nitrogens with zero attached hydrogens (tertiary/aromatic N) is 1. The molecule has 4 aromatic rings. The summed E-state index contributed by atoms with van der Waals surface area (Å²) in [5, 5.41) is 0.644. The van der Waals surface area contributed by atoms with Crippen molar-refractivity contribution in [1.29, 1.82) is 0 Å². The highest BCUT2D eigenvalue weighted by Gasteiger charge is 2.32. The van der Waals surface area contributed by atoms with Crippen molar-refractivity contribution in [2.24, 2.45) is 0 Å². The molecule has 0 fully saturated rings. The van der Waals surface area contributed by atoms with E-state index in [9.17, 15) is 14.4 Å². The smallest absolute Gasteiger partial charge is 0.344 e. The number of ether oxygens (including phenoxy) is 2. The lowest BCUT2D eigenvalue weighted by atomic mass is 9.99. The lowest BCUT2D eigenvalue weighted by molar-refractivity contribution is -0.162. The standard InChI is InChI=1S/C25H19NO7/c1-13(27)30-25-19-12-18(24(29)33-22(19)16-6-4-5-7-20(16)32-25)17-10-14-8-9-15(26(2)3)11-21(14)31-23(17)28/h4-12,25H,1-3H3. The van der Waals surface area contributed by atoms with Crippen LogP contribution in [0.2, 0.25) is 0 Å². The van der Waals surface area contributed by atoms with Gasteiger partial charge in [-0.1, -0.05) is 12.1 Å².